The van der Waals surface area contributed by atoms with Crippen molar-refractivity contribution in [3.05, 3.63) is 35.1 Å². The van der Waals surface area contributed by atoms with Gasteiger partial charge in [-0.3, -0.25) is 0 Å². The standard InChI is InChI=1S/C11H13F4N/c1-8-6-9(2-3-10(8)12)4-5-16-7-11(13,14)15/h2-3,6,16H,4-5,7H2,1H3. The zero-order chi connectivity index (χ0) is 12.2. The number of alkyl halides is 3. The average molecular weight is 235 g/mol. The van der Waals surface area contributed by atoms with Crippen molar-refractivity contribution in [2.75, 3.05) is 13.1 Å². The third-order valence-electron chi connectivity index (χ3n) is 2.14. The summed E-state index contributed by atoms with van der Waals surface area (Å²) in [5.41, 5.74) is 1.34. The third kappa shape index (κ3) is 4.61. The van der Waals surface area contributed by atoms with Gasteiger partial charge in [0.05, 0.1) is 6.54 Å². The highest BCUT2D eigenvalue weighted by molar-refractivity contribution is 5.24. The molecule has 0 saturated carbocycles. The smallest absolute Gasteiger partial charge is 0.308 e. The molecule has 0 aromatic heterocycles. The van der Waals surface area contributed by atoms with Crippen molar-refractivity contribution in [3.8, 4) is 0 Å². The van der Waals surface area contributed by atoms with Gasteiger partial charge in [-0.2, -0.15) is 13.2 Å². The first kappa shape index (κ1) is 13.0. The molecule has 0 radical (unpaired) electrons. The molecular weight excluding hydrogens is 222 g/mol. The van der Waals surface area contributed by atoms with Gasteiger partial charge in [0.15, 0.2) is 0 Å². The van der Waals surface area contributed by atoms with E-state index in [9.17, 15) is 17.6 Å². The zero-order valence-electron chi connectivity index (χ0n) is 8.87. The van der Waals surface area contributed by atoms with Crippen LogP contribution >= 0.6 is 0 Å². The lowest BCUT2D eigenvalue weighted by molar-refractivity contribution is -0.124. The molecule has 0 aliphatic carbocycles. The number of rotatable bonds is 4. The van der Waals surface area contributed by atoms with E-state index in [1.54, 1.807) is 19.1 Å². The van der Waals surface area contributed by atoms with Crippen LogP contribution in [0.2, 0.25) is 0 Å². The van der Waals surface area contributed by atoms with Crippen molar-refractivity contribution in [1.82, 2.24) is 5.32 Å². The molecule has 1 rings (SSSR count). The van der Waals surface area contributed by atoms with Gasteiger partial charge in [0, 0.05) is 0 Å². The molecule has 0 aliphatic rings. The minimum Gasteiger partial charge on any atom is -0.308 e. The summed E-state index contributed by atoms with van der Waals surface area (Å²) in [7, 11) is 0. The molecule has 0 atom stereocenters. The van der Waals surface area contributed by atoms with Gasteiger partial charge >= 0.3 is 6.18 Å². The maximum Gasteiger partial charge on any atom is 0.401 e. The summed E-state index contributed by atoms with van der Waals surface area (Å²) in [5, 5.41) is 2.29. The molecule has 0 amide bonds. The first-order valence-electron chi connectivity index (χ1n) is 4.91. The van der Waals surface area contributed by atoms with E-state index in [1.807, 2.05) is 0 Å². The van der Waals surface area contributed by atoms with Crippen LogP contribution in [0.25, 0.3) is 0 Å². The maximum atomic E-state index is 12.9. The first-order valence-corrected chi connectivity index (χ1v) is 4.91. The second-order valence-corrected chi connectivity index (χ2v) is 3.63. The zero-order valence-corrected chi connectivity index (χ0v) is 8.87. The summed E-state index contributed by atoms with van der Waals surface area (Å²) in [4.78, 5) is 0. The molecule has 0 bridgehead atoms. The summed E-state index contributed by atoms with van der Waals surface area (Å²) in [6.45, 7) is 0.861. The minimum atomic E-state index is -4.18. The molecule has 1 aromatic carbocycles. The molecule has 1 N–H and O–H groups in total. The molecule has 0 aliphatic heterocycles. The van der Waals surface area contributed by atoms with Gasteiger partial charge in [0.1, 0.15) is 5.82 Å². The Bertz CT molecular complexity index is 346. The summed E-state index contributed by atoms with van der Waals surface area (Å²) in [6, 6.07) is 4.55. The Morgan fingerprint density at radius 1 is 1.25 bits per heavy atom. The largest absolute Gasteiger partial charge is 0.401 e. The predicted molar refractivity (Wildman–Crippen MR) is 53.8 cm³/mol. The van der Waals surface area contributed by atoms with Gasteiger partial charge in [-0.05, 0) is 37.1 Å². The highest BCUT2D eigenvalue weighted by Crippen LogP contribution is 2.12. The van der Waals surface area contributed by atoms with E-state index in [4.69, 9.17) is 0 Å². The van der Waals surface area contributed by atoms with E-state index in [0.717, 1.165) is 5.56 Å². The van der Waals surface area contributed by atoms with Crippen LogP contribution in [0.4, 0.5) is 17.6 Å². The Morgan fingerprint density at radius 3 is 2.50 bits per heavy atom. The fourth-order valence-corrected chi connectivity index (χ4v) is 1.33. The second kappa shape index (κ2) is 5.30. The highest BCUT2D eigenvalue weighted by atomic mass is 19.4. The Kier molecular flexibility index (Phi) is 4.29. The SMILES string of the molecule is Cc1cc(CCNCC(F)(F)F)ccc1F. The highest BCUT2D eigenvalue weighted by Gasteiger charge is 2.25. The van der Waals surface area contributed by atoms with Crippen molar-refractivity contribution < 1.29 is 17.6 Å². The first-order chi connectivity index (χ1) is 7.38. The predicted octanol–water partition coefficient (Wildman–Crippen LogP) is 2.83. The number of halogens is 4. The van der Waals surface area contributed by atoms with Crippen LogP contribution in [0, 0.1) is 12.7 Å². The molecule has 0 heterocycles. The van der Waals surface area contributed by atoms with Crippen molar-refractivity contribution in [1.29, 1.82) is 0 Å². The molecule has 90 valence electrons. The average Bonchev–Trinajstić information content (AvgIpc) is 2.17. The molecule has 1 aromatic rings. The number of hydrogen-bond acceptors (Lipinski definition) is 1. The van der Waals surface area contributed by atoms with Crippen molar-refractivity contribution in [3.63, 3.8) is 0 Å². The van der Waals surface area contributed by atoms with Gasteiger partial charge < -0.3 is 5.32 Å². The molecular formula is C11H13F4N. The maximum absolute atomic E-state index is 12.9. The summed E-state index contributed by atoms with van der Waals surface area (Å²) in [5.74, 6) is -0.299. The van der Waals surface area contributed by atoms with Crippen LogP contribution in [-0.4, -0.2) is 19.3 Å². The van der Waals surface area contributed by atoms with Gasteiger partial charge in [-0.25, -0.2) is 4.39 Å². The Hall–Kier alpha value is -1.10. The monoisotopic (exact) mass is 235 g/mol. The number of hydrogen-bond donors (Lipinski definition) is 1. The van der Waals surface area contributed by atoms with Crippen molar-refractivity contribution in [2.45, 2.75) is 19.5 Å². The molecule has 0 spiro atoms. The third-order valence-corrected chi connectivity index (χ3v) is 2.14. The lowest BCUT2D eigenvalue weighted by atomic mass is 10.1. The molecule has 0 fully saturated rings. The lowest BCUT2D eigenvalue weighted by Crippen LogP contribution is -2.30. The number of benzene rings is 1. The summed E-state index contributed by atoms with van der Waals surface area (Å²) < 4.78 is 48.2. The Balaban J connectivity index is 2.35. The van der Waals surface area contributed by atoms with Gasteiger partial charge in [0.25, 0.3) is 0 Å². The van der Waals surface area contributed by atoms with Crippen LogP contribution in [0.1, 0.15) is 11.1 Å². The summed E-state index contributed by atoms with van der Waals surface area (Å²) >= 11 is 0. The van der Waals surface area contributed by atoms with Gasteiger partial charge in [0.2, 0.25) is 0 Å². The van der Waals surface area contributed by atoms with Crippen LogP contribution in [0.3, 0.4) is 0 Å². The second-order valence-electron chi connectivity index (χ2n) is 3.63. The fraction of sp³-hybridized carbons (Fsp3) is 0.455. The van der Waals surface area contributed by atoms with E-state index in [2.05, 4.69) is 5.32 Å². The minimum absolute atomic E-state index is 0.227. The molecule has 1 nitrogen and oxygen atoms in total. The normalized spacial score (nSPS) is 11.8. The van der Waals surface area contributed by atoms with Crippen LogP contribution < -0.4 is 5.32 Å². The van der Waals surface area contributed by atoms with Gasteiger partial charge in [-0.1, -0.05) is 12.1 Å². The van der Waals surface area contributed by atoms with E-state index in [-0.39, 0.29) is 12.4 Å². The van der Waals surface area contributed by atoms with Crippen molar-refractivity contribution >= 4 is 0 Å². The van der Waals surface area contributed by atoms with Crippen molar-refractivity contribution in [2.24, 2.45) is 0 Å². The molecule has 16 heavy (non-hydrogen) atoms. The number of nitrogens with one attached hydrogen (secondary N) is 1. The Labute approximate surface area is 91.5 Å². The molecule has 0 saturated heterocycles. The Morgan fingerprint density at radius 2 is 1.94 bits per heavy atom. The lowest BCUT2D eigenvalue weighted by Gasteiger charge is -2.08. The van der Waals surface area contributed by atoms with E-state index in [0.29, 0.717) is 12.0 Å². The van der Waals surface area contributed by atoms with Crippen LogP contribution in [0.15, 0.2) is 18.2 Å². The van der Waals surface area contributed by atoms with Gasteiger partial charge in [-0.15, -0.1) is 0 Å². The fourth-order valence-electron chi connectivity index (χ4n) is 1.33. The van der Waals surface area contributed by atoms with Crippen LogP contribution in [-0.2, 0) is 6.42 Å². The molecule has 0 unspecified atom stereocenters. The quantitative estimate of drug-likeness (QED) is 0.625. The number of aryl methyl sites for hydroxylation is 1. The topological polar surface area (TPSA) is 12.0 Å². The summed E-state index contributed by atoms with van der Waals surface area (Å²) in [6.07, 6.45) is -3.73. The van der Waals surface area contributed by atoms with Crippen LogP contribution in [0.5, 0.6) is 0 Å². The van der Waals surface area contributed by atoms with E-state index >= 15 is 0 Å². The van der Waals surface area contributed by atoms with E-state index in [1.165, 1.54) is 6.07 Å². The van der Waals surface area contributed by atoms with E-state index < -0.39 is 12.7 Å². The molecule has 5 heteroatoms.